The van der Waals surface area contributed by atoms with Crippen LogP contribution in [0.1, 0.15) is 15.9 Å². The van der Waals surface area contributed by atoms with Crippen LogP contribution < -0.4 is 18.7 Å². The molecule has 11 heteroatoms. The topological polar surface area (TPSA) is 102 Å². The Balaban J connectivity index is 1.49. The molecule has 0 radical (unpaired) electrons. The highest BCUT2D eigenvalue weighted by Gasteiger charge is 2.25. The number of para-hydroxylation sites is 1. The SMILES string of the molecule is COc1cc2nc(N(Cc3cccnc3)C(=O)c3ccc(S(=O)(=O)N(C)c4ccccc4)cc3)sc2cc1OC. The van der Waals surface area contributed by atoms with Crippen molar-refractivity contribution in [1.82, 2.24) is 9.97 Å². The van der Waals surface area contributed by atoms with E-state index in [1.54, 1.807) is 67.9 Å². The Morgan fingerprint density at radius 2 is 1.62 bits per heavy atom. The molecular formula is C29H26N4O5S2. The molecule has 2 heterocycles. The molecule has 5 aromatic rings. The molecule has 0 saturated carbocycles. The van der Waals surface area contributed by atoms with Crippen molar-refractivity contribution < 1.29 is 22.7 Å². The zero-order valence-electron chi connectivity index (χ0n) is 22.0. The first-order valence-electron chi connectivity index (χ1n) is 12.2. The summed E-state index contributed by atoms with van der Waals surface area (Å²) in [6.45, 7) is 0.220. The number of sulfonamides is 1. The summed E-state index contributed by atoms with van der Waals surface area (Å²) in [5.74, 6) is 0.768. The van der Waals surface area contributed by atoms with Gasteiger partial charge in [0.15, 0.2) is 16.6 Å². The van der Waals surface area contributed by atoms with Crippen LogP contribution in [0, 0.1) is 0 Å². The number of aromatic nitrogens is 2. The van der Waals surface area contributed by atoms with Gasteiger partial charge in [-0.2, -0.15) is 0 Å². The fourth-order valence-electron chi connectivity index (χ4n) is 4.12. The number of benzene rings is 3. The maximum absolute atomic E-state index is 13.9. The molecule has 0 bridgehead atoms. The van der Waals surface area contributed by atoms with Crippen LogP contribution >= 0.6 is 11.3 Å². The summed E-state index contributed by atoms with van der Waals surface area (Å²) in [5, 5.41) is 0.472. The smallest absolute Gasteiger partial charge is 0.264 e. The van der Waals surface area contributed by atoms with Crippen LogP contribution in [-0.2, 0) is 16.6 Å². The van der Waals surface area contributed by atoms with Crippen molar-refractivity contribution in [2.75, 3.05) is 30.5 Å². The first-order valence-corrected chi connectivity index (χ1v) is 14.4. The molecule has 9 nitrogen and oxygen atoms in total. The van der Waals surface area contributed by atoms with E-state index in [0.717, 1.165) is 10.3 Å². The van der Waals surface area contributed by atoms with E-state index in [1.807, 2.05) is 18.2 Å². The molecule has 0 spiro atoms. The second kappa shape index (κ2) is 11.3. The Kier molecular flexibility index (Phi) is 7.67. The molecule has 0 aliphatic heterocycles. The number of hydrogen-bond donors (Lipinski definition) is 0. The summed E-state index contributed by atoms with van der Waals surface area (Å²) in [4.78, 5) is 24.4. The maximum atomic E-state index is 13.9. The second-order valence-electron chi connectivity index (χ2n) is 8.76. The highest BCUT2D eigenvalue weighted by atomic mass is 32.2. The van der Waals surface area contributed by atoms with Crippen molar-refractivity contribution in [3.63, 3.8) is 0 Å². The standard InChI is InChI=1S/C29H26N4O5S2/c1-32(22-9-5-4-6-10-22)40(35,36)23-13-11-21(12-14-23)28(34)33(19-20-8-7-15-30-18-20)29-31-24-16-25(37-2)26(38-3)17-27(24)39-29/h4-18H,19H2,1-3H3. The molecule has 2 aromatic heterocycles. The number of fused-ring (bicyclic) bond motifs is 1. The van der Waals surface area contributed by atoms with E-state index in [0.29, 0.717) is 33.4 Å². The number of hydrogen-bond acceptors (Lipinski definition) is 8. The zero-order chi connectivity index (χ0) is 28.3. The van der Waals surface area contributed by atoms with Crippen molar-refractivity contribution in [2.45, 2.75) is 11.4 Å². The second-order valence-corrected chi connectivity index (χ2v) is 11.7. The van der Waals surface area contributed by atoms with Gasteiger partial charge in [-0.05, 0) is 48.0 Å². The Bertz CT molecular complexity index is 1700. The molecular weight excluding hydrogens is 548 g/mol. The predicted octanol–water partition coefficient (Wildman–Crippen LogP) is 5.38. The third-order valence-electron chi connectivity index (χ3n) is 6.30. The maximum Gasteiger partial charge on any atom is 0.264 e. The third-order valence-corrected chi connectivity index (χ3v) is 9.14. The van der Waals surface area contributed by atoms with Gasteiger partial charge in [-0.15, -0.1) is 0 Å². The molecule has 40 heavy (non-hydrogen) atoms. The van der Waals surface area contributed by atoms with Crippen molar-refractivity contribution in [1.29, 1.82) is 0 Å². The molecule has 5 rings (SSSR count). The summed E-state index contributed by atoms with van der Waals surface area (Å²) in [6.07, 6.45) is 3.35. The normalized spacial score (nSPS) is 11.3. The van der Waals surface area contributed by atoms with E-state index in [2.05, 4.69) is 4.98 Å². The number of ether oxygens (including phenoxy) is 2. The zero-order valence-corrected chi connectivity index (χ0v) is 23.6. The fourth-order valence-corrected chi connectivity index (χ4v) is 6.29. The van der Waals surface area contributed by atoms with Crippen molar-refractivity contribution >= 4 is 48.3 Å². The Labute approximate surface area is 236 Å². The predicted molar refractivity (Wildman–Crippen MR) is 156 cm³/mol. The summed E-state index contributed by atoms with van der Waals surface area (Å²) in [5.41, 5.74) is 2.33. The molecule has 1 amide bonds. The summed E-state index contributed by atoms with van der Waals surface area (Å²) >= 11 is 1.34. The molecule has 0 aliphatic carbocycles. The first kappa shape index (κ1) is 27.1. The Morgan fingerprint density at radius 3 is 2.27 bits per heavy atom. The number of rotatable bonds is 9. The minimum atomic E-state index is -3.82. The fraction of sp³-hybridized carbons (Fsp3) is 0.138. The first-order chi connectivity index (χ1) is 19.3. The van der Waals surface area contributed by atoms with E-state index < -0.39 is 10.0 Å². The minimum Gasteiger partial charge on any atom is -0.493 e. The number of pyridine rings is 1. The monoisotopic (exact) mass is 574 g/mol. The van der Waals surface area contributed by atoms with E-state index in [-0.39, 0.29) is 17.3 Å². The van der Waals surface area contributed by atoms with Crippen LogP contribution in [-0.4, -0.2) is 45.6 Å². The molecule has 0 N–H and O–H groups in total. The van der Waals surface area contributed by atoms with Gasteiger partial charge in [0.05, 0.1) is 41.6 Å². The number of amides is 1. The van der Waals surface area contributed by atoms with Crippen molar-refractivity contribution in [3.05, 3.63) is 102 Å². The van der Waals surface area contributed by atoms with Gasteiger partial charge >= 0.3 is 0 Å². The van der Waals surface area contributed by atoms with Crippen LogP contribution in [0.2, 0.25) is 0 Å². The van der Waals surface area contributed by atoms with Crippen LogP contribution in [0.25, 0.3) is 10.2 Å². The van der Waals surface area contributed by atoms with E-state index in [1.165, 1.54) is 47.0 Å². The van der Waals surface area contributed by atoms with Gasteiger partial charge in [0.1, 0.15) is 0 Å². The lowest BCUT2D eigenvalue weighted by atomic mass is 10.2. The van der Waals surface area contributed by atoms with Crippen LogP contribution in [0.4, 0.5) is 10.8 Å². The summed E-state index contributed by atoms with van der Waals surface area (Å²) in [7, 11) is 0.790. The highest BCUT2D eigenvalue weighted by molar-refractivity contribution is 7.92. The van der Waals surface area contributed by atoms with Gasteiger partial charge in [0.2, 0.25) is 0 Å². The summed E-state index contributed by atoms with van der Waals surface area (Å²) in [6, 6.07) is 22.0. The number of thiazole rings is 1. The minimum absolute atomic E-state index is 0.0772. The molecule has 0 saturated heterocycles. The Hall–Kier alpha value is -4.48. The number of nitrogens with zero attached hydrogens (tertiary/aromatic N) is 4. The summed E-state index contributed by atoms with van der Waals surface area (Å²) < 4.78 is 39.3. The number of anilines is 2. The number of methoxy groups -OCH3 is 2. The lowest BCUT2D eigenvalue weighted by Gasteiger charge is -2.21. The molecule has 3 aromatic carbocycles. The van der Waals surface area contributed by atoms with Crippen molar-refractivity contribution in [2.24, 2.45) is 0 Å². The molecule has 0 unspecified atom stereocenters. The van der Waals surface area contributed by atoms with Crippen LogP contribution in [0.3, 0.4) is 0 Å². The molecule has 0 aliphatic rings. The van der Waals surface area contributed by atoms with Gasteiger partial charge in [-0.3, -0.25) is 19.0 Å². The lowest BCUT2D eigenvalue weighted by Crippen LogP contribution is -2.30. The lowest BCUT2D eigenvalue weighted by molar-refractivity contribution is 0.0985. The van der Waals surface area contributed by atoms with Gasteiger partial charge in [-0.1, -0.05) is 35.6 Å². The van der Waals surface area contributed by atoms with E-state index >= 15 is 0 Å². The van der Waals surface area contributed by atoms with E-state index in [4.69, 9.17) is 14.5 Å². The largest absolute Gasteiger partial charge is 0.493 e. The van der Waals surface area contributed by atoms with Gasteiger partial charge < -0.3 is 9.47 Å². The van der Waals surface area contributed by atoms with Crippen molar-refractivity contribution in [3.8, 4) is 11.5 Å². The van der Waals surface area contributed by atoms with Crippen LogP contribution in [0.5, 0.6) is 11.5 Å². The average molecular weight is 575 g/mol. The third kappa shape index (κ3) is 5.33. The average Bonchev–Trinajstić information content (AvgIpc) is 3.42. The number of carbonyl (C=O) groups excluding carboxylic acids is 1. The molecule has 204 valence electrons. The quantitative estimate of drug-likeness (QED) is 0.233. The van der Waals surface area contributed by atoms with Gasteiger partial charge in [0.25, 0.3) is 15.9 Å². The number of carbonyl (C=O) groups is 1. The van der Waals surface area contributed by atoms with E-state index in [9.17, 15) is 13.2 Å². The molecule has 0 fully saturated rings. The molecule has 0 atom stereocenters. The Morgan fingerprint density at radius 1 is 0.925 bits per heavy atom. The highest BCUT2D eigenvalue weighted by Crippen LogP contribution is 2.38. The van der Waals surface area contributed by atoms with Crippen LogP contribution in [0.15, 0.2) is 96.2 Å². The van der Waals surface area contributed by atoms with Gasteiger partial charge in [-0.25, -0.2) is 13.4 Å². The van der Waals surface area contributed by atoms with Gasteiger partial charge in [0, 0.05) is 37.1 Å².